The molecule has 0 spiro atoms. The molecule has 6 nitrogen and oxygen atoms in total. The van der Waals surface area contributed by atoms with Gasteiger partial charge in [-0.2, -0.15) is 5.10 Å². The summed E-state index contributed by atoms with van der Waals surface area (Å²) in [6.45, 7) is 5.63. The van der Waals surface area contributed by atoms with Crippen LogP contribution in [0.3, 0.4) is 0 Å². The zero-order chi connectivity index (χ0) is 15.9. The summed E-state index contributed by atoms with van der Waals surface area (Å²) in [6, 6.07) is 0. The summed E-state index contributed by atoms with van der Waals surface area (Å²) in [6.07, 6.45) is 2.22. The molecule has 0 saturated carbocycles. The molecule has 0 radical (unpaired) electrons. The van der Waals surface area contributed by atoms with Crippen LogP contribution in [0.1, 0.15) is 58.0 Å². The van der Waals surface area contributed by atoms with Crippen molar-refractivity contribution in [3.05, 3.63) is 27.5 Å². The van der Waals surface area contributed by atoms with E-state index in [2.05, 4.69) is 20.5 Å². The van der Waals surface area contributed by atoms with Crippen LogP contribution in [-0.4, -0.2) is 26.9 Å². The van der Waals surface area contributed by atoms with Crippen LogP contribution in [0.4, 0.5) is 5.13 Å². The van der Waals surface area contributed by atoms with E-state index in [0.29, 0.717) is 16.4 Å². The van der Waals surface area contributed by atoms with Crippen LogP contribution in [0.5, 0.6) is 0 Å². The third-order valence-corrected chi connectivity index (χ3v) is 5.06. The maximum Gasteiger partial charge on any atom is 0.233 e. The van der Waals surface area contributed by atoms with Crippen molar-refractivity contribution in [2.75, 3.05) is 5.32 Å². The van der Waals surface area contributed by atoms with E-state index in [1.54, 1.807) is 0 Å². The summed E-state index contributed by atoms with van der Waals surface area (Å²) in [4.78, 5) is 29.4. The Morgan fingerprint density at radius 2 is 2.14 bits per heavy atom. The number of rotatable bonds is 3. The Balaban J connectivity index is 1.79. The largest absolute Gasteiger partial charge is 0.301 e. The number of Topliss-reactive ketones (excluding diaryl/α,β-unsaturated/α-hetero) is 1. The van der Waals surface area contributed by atoms with E-state index in [4.69, 9.17) is 0 Å². The van der Waals surface area contributed by atoms with E-state index in [1.807, 2.05) is 20.8 Å². The molecule has 0 aromatic carbocycles. The van der Waals surface area contributed by atoms with Gasteiger partial charge in [-0.1, -0.05) is 11.3 Å². The Kier molecular flexibility index (Phi) is 3.82. The molecule has 2 aromatic heterocycles. The lowest BCUT2D eigenvalue weighted by atomic mass is 9.98. The van der Waals surface area contributed by atoms with Crippen molar-refractivity contribution in [2.45, 2.75) is 46.0 Å². The first kappa shape index (κ1) is 14.9. The Morgan fingerprint density at radius 3 is 2.77 bits per heavy atom. The number of nitrogens with one attached hydrogen (secondary N) is 2. The van der Waals surface area contributed by atoms with Crippen molar-refractivity contribution in [3.63, 3.8) is 0 Å². The average molecular weight is 318 g/mol. The number of aromatic nitrogens is 3. The van der Waals surface area contributed by atoms with Gasteiger partial charge in [0.1, 0.15) is 0 Å². The summed E-state index contributed by atoms with van der Waals surface area (Å²) in [5.41, 5.74) is 3.46. The Morgan fingerprint density at radius 1 is 1.36 bits per heavy atom. The number of amides is 1. The van der Waals surface area contributed by atoms with Crippen LogP contribution >= 0.6 is 11.3 Å². The second-order valence-electron chi connectivity index (χ2n) is 5.63. The second-order valence-corrected chi connectivity index (χ2v) is 6.63. The van der Waals surface area contributed by atoms with Gasteiger partial charge in [-0.15, -0.1) is 0 Å². The third-order valence-electron chi connectivity index (χ3n) is 4.01. The van der Waals surface area contributed by atoms with Crippen molar-refractivity contribution >= 4 is 28.2 Å². The highest BCUT2D eigenvalue weighted by molar-refractivity contribution is 7.17. The van der Waals surface area contributed by atoms with Gasteiger partial charge in [0.25, 0.3) is 0 Å². The van der Waals surface area contributed by atoms with Gasteiger partial charge in [0.15, 0.2) is 10.9 Å². The van der Waals surface area contributed by atoms with Crippen molar-refractivity contribution in [1.29, 1.82) is 0 Å². The SMILES string of the molecule is Cc1n[nH]c(C)c1C(C)C(=O)Nc1nc2c(s1)C(=O)CCC2. The first-order valence-electron chi connectivity index (χ1n) is 7.32. The fourth-order valence-corrected chi connectivity index (χ4v) is 3.85. The zero-order valence-corrected chi connectivity index (χ0v) is 13.6. The Hall–Kier alpha value is -2.02. The lowest BCUT2D eigenvalue weighted by Crippen LogP contribution is -2.19. The van der Waals surface area contributed by atoms with Gasteiger partial charge in [-0.05, 0) is 33.6 Å². The summed E-state index contributed by atoms with van der Waals surface area (Å²) >= 11 is 1.28. The highest BCUT2D eigenvalue weighted by Gasteiger charge is 2.25. The predicted molar refractivity (Wildman–Crippen MR) is 84.5 cm³/mol. The number of carbonyl (C=O) groups excluding carboxylic acids is 2. The summed E-state index contributed by atoms with van der Waals surface area (Å²) < 4.78 is 0. The minimum atomic E-state index is -0.324. The predicted octanol–water partition coefficient (Wildman–Crippen LogP) is 2.74. The van der Waals surface area contributed by atoms with Crippen molar-refractivity contribution in [2.24, 2.45) is 0 Å². The fourth-order valence-electron chi connectivity index (χ4n) is 2.86. The van der Waals surface area contributed by atoms with E-state index in [0.717, 1.165) is 35.5 Å². The fraction of sp³-hybridized carbons (Fsp3) is 0.467. The molecule has 0 aliphatic heterocycles. The van der Waals surface area contributed by atoms with Gasteiger partial charge >= 0.3 is 0 Å². The van der Waals surface area contributed by atoms with Crippen LogP contribution in [0, 0.1) is 13.8 Å². The zero-order valence-electron chi connectivity index (χ0n) is 12.8. The topological polar surface area (TPSA) is 87.7 Å². The molecule has 1 amide bonds. The van der Waals surface area contributed by atoms with E-state index in [-0.39, 0.29) is 17.6 Å². The number of aryl methyl sites for hydroxylation is 3. The molecule has 1 aliphatic carbocycles. The minimum Gasteiger partial charge on any atom is -0.301 e. The highest BCUT2D eigenvalue weighted by Crippen LogP contribution is 2.30. The smallest absolute Gasteiger partial charge is 0.233 e. The number of ketones is 1. The van der Waals surface area contributed by atoms with Gasteiger partial charge in [-0.25, -0.2) is 4.98 Å². The molecule has 0 fully saturated rings. The summed E-state index contributed by atoms with van der Waals surface area (Å²) in [5, 5.41) is 10.4. The molecular formula is C15H18N4O2S. The molecular weight excluding hydrogens is 300 g/mol. The lowest BCUT2D eigenvalue weighted by Gasteiger charge is -2.11. The van der Waals surface area contributed by atoms with Gasteiger partial charge in [0.05, 0.1) is 22.2 Å². The number of thiazole rings is 1. The van der Waals surface area contributed by atoms with Crippen molar-refractivity contribution in [3.8, 4) is 0 Å². The number of aromatic amines is 1. The molecule has 2 N–H and O–H groups in total. The van der Waals surface area contributed by atoms with Gasteiger partial charge in [-0.3, -0.25) is 14.7 Å². The minimum absolute atomic E-state index is 0.133. The van der Waals surface area contributed by atoms with Crippen LogP contribution < -0.4 is 5.32 Å². The highest BCUT2D eigenvalue weighted by atomic mass is 32.1. The molecule has 1 aliphatic rings. The molecule has 7 heteroatoms. The molecule has 2 heterocycles. The number of hydrogen-bond acceptors (Lipinski definition) is 5. The molecule has 0 bridgehead atoms. The summed E-state index contributed by atoms with van der Waals surface area (Å²) in [7, 11) is 0. The molecule has 3 rings (SSSR count). The first-order valence-corrected chi connectivity index (χ1v) is 8.14. The van der Waals surface area contributed by atoms with Gasteiger partial charge in [0.2, 0.25) is 5.91 Å². The number of anilines is 1. The van der Waals surface area contributed by atoms with Crippen LogP contribution in [0.2, 0.25) is 0 Å². The monoisotopic (exact) mass is 318 g/mol. The number of carbonyl (C=O) groups is 2. The Bertz CT molecular complexity index is 727. The van der Waals surface area contributed by atoms with Crippen LogP contribution in [0.15, 0.2) is 0 Å². The van der Waals surface area contributed by atoms with Crippen LogP contribution in [-0.2, 0) is 11.2 Å². The molecule has 116 valence electrons. The van der Waals surface area contributed by atoms with Gasteiger partial charge < -0.3 is 5.32 Å². The number of nitrogens with zero attached hydrogens (tertiary/aromatic N) is 2. The van der Waals surface area contributed by atoms with E-state index in [9.17, 15) is 9.59 Å². The third kappa shape index (κ3) is 2.56. The maximum absolute atomic E-state index is 12.4. The van der Waals surface area contributed by atoms with Crippen LogP contribution in [0.25, 0.3) is 0 Å². The summed E-state index contributed by atoms with van der Waals surface area (Å²) in [5.74, 6) is -0.324. The molecule has 1 unspecified atom stereocenters. The molecule has 2 aromatic rings. The molecule has 0 saturated heterocycles. The van der Waals surface area contributed by atoms with Gasteiger partial charge in [0, 0.05) is 17.7 Å². The number of fused-ring (bicyclic) bond motifs is 1. The quantitative estimate of drug-likeness (QED) is 0.911. The molecule has 1 atom stereocenters. The maximum atomic E-state index is 12.4. The Labute approximate surface area is 132 Å². The van der Waals surface area contributed by atoms with Crippen molar-refractivity contribution in [1.82, 2.24) is 15.2 Å². The second kappa shape index (κ2) is 5.64. The number of hydrogen-bond donors (Lipinski definition) is 2. The average Bonchev–Trinajstić information content (AvgIpc) is 3.02. The standard InChI is InChI=1S/C15H18N4O2S/c1-7(12-8(2)18-19-9(12)3)14(21)17-15-16-10-5-4-6-11(20)13(10)22-15/h7H,4-6H2,1-3H3,(H,18,19)(H,16,17,21). The number of H-pyrrole nitrogens is 1. The van der Waals surface area contributed by atoms with Crippen molar-refractivity contribution < 1.29 is 9.59 Å². The molecule has 22 heavy (non-hydrogen) atoms. The van der Waals surface area contributed by atoms with E-state index < -0.39 is 0 Å². The van der Waals surface area contributed by atoms with E-state index in [1.165, 1.54) is 11.3 Å². The lowest BCUT2D eigenvalue weighted by molar-refractivity contribution is -0.117. The van der Waals surface area contributed by atoms with E-state index >= 15 is 0 Å². The normalized spacial score (nSPS) is 15.5. The first-order chi connectivity index (χ1) is 10.5.